The predicted molar refractivity (Wildman–Crippen MR) is 121 cm³/mol. The highest BCUT2D eigenvalue weighted by Gasteiger charge is 2.28. The van der Waals surface area contributed by atoms with Gasteiger partial charge in [0.05, 0.1) is 12.1 Å². The predicted octanol–water partition coefficient (Wildman–Crippen LogP) is 1.58. The van der Waals surface area contributed by atoms with E-state index in [1.165, 1.54) is 0 Å². The minimum atomic E-state index is 0.0341. The van der Waals surface area contributed by atoms with Crippen LogP contribution in [0.3, 0.4) is 0 Å². The van der Waals surface area contributed by atoms with E-state index in [1.54, 1.807) is 11.1 Å². The minimum Gasteiger partial charge on any atom is -0.340 e. The van der Waals surface area contributed by atoms with E-state index in [0.29, 0.717) is 25.1 Å². The van der Waals surface area contributed by atoms with Gasteiger partial charge in [0.25, 0.3) is 5.91 Å². The van der Waals surface area contributed by atoms with E-state index in [4.69, 9.17) is 0 Å². The van der Waals surface area contributed by atoms with Crippen molar-refractivity contribution in [2.45, 2.75) is 44.4 Å². The summed E-state index contributed by atoms with van der Waals surface area (Å²) in [4.78, 5) is 50.2. The Morgan fingerprint density at radius 3 is 2.53 bits per heavy atom. The molecule has 0 spiro atoms. The van der Waals surface area contributed by atoms with Crippen molar-refractivity contribution in [2.75, 3.05) is 59.4 Å². The molecule has 8 nitrogen and oxygen atoms in total. The molecule has 32 heavy (non-hydrogen) atoms. The second kappa shape index (κ2) is 10.4. The highest BCUT2D eigenvalue weighted by atomic mass is 16.2. The van der Waals surface area contributed by atoms with Gasteiger partial charge in [0.15, 0.2) is 0 Å². The summed E-state index contributed by atoms with van der Waals surface area (Å²) in [5.74, 6) is 0.346. The number of likely N-dealkylation sites (N-methyl/N-ethyl adjacent to an activating group) is 1. The van der Waals surface area contributed by atoms with Crippen LogP contribution < -0.4 is 0 Å². The number of amides is 3. The van der Waals surface area contributed by atoms with Gasteiger partial charge in [-0.05, 0) is 44.9 Å². The summed E-state index contributed by atoms with van der Waals surface area (Å²) in [5.41, 5.74) is 1.56. The van der Waals surface area contributed by atoms with Gasteiger partial charge in [-0.25, -0.2) is 0 Å². The van der Waals surface area contributed by atoms with Gasteiger partial charge < -0.3 is 19.6 Å². The number of piperazine rings is 1. The number of piperidine rings is 1. The summed E-state index contributed by atoms with van der Waals surface area (Å²) in [6.45, 7) is 5.52. The van der Waals surface area contributed by atoms with Gasteiger partial charge in [-0.3, -0.25) is 19.4 Å². The summed E-state index contributed by atoms with van der Waals surface area (Å²) in [5, 5.41) is 0. The van der Waals surface area contributed by atoms with E-state index in [-0.39, 0.29) is 30.2 Å². The van der Waals surface area contributed by atoms with Crippen LogP contribution >= 0.6 is 0 Å². The third-order valence-electron chi connectivity index (χ3n) is 7.01. The van der Waals surface area contributed by atoms with Gasteiger partial charge >= 0.3 is 0 Å². The van der Waals surface area contributed by atoms with E-state index < -0.39 is 0 Å². The van der Waals surface area contributed by atoms with E-state index in [2.05, 4.69) is 16.9 Å². The molecule has 3 amide bonds. The lowest BCUT2D eigenvalue weighted by Gasteiger charge is -2.34. The molecular weight excluding hydrogens is 406 g/mol. The number of nitrogens with zero attached hydrogens (tertiary/aromatic N) is 5. The third kappa shape index (κ3) is 5.46. The molecule has 0 N–H and O–H groups in total. The molecule has 3 fully saturated rings. The fraction of sp³-hybridized carbons (Fsp3) is 0.667. The van der Waals surface area contributed by atoms with E-state index >= 15 is 0 Å². The Labute approximate surface area is 190 Å². The van der Waals surface area contributed by atoms with Crippen molar-refractivity contribution >= 4 is 17.7 Å². The molecule has 1 atom stereocenters. The van der Waals surface area contributed by atoms with Crippen LogP contribution in [0.4, 0.5) is 0 Å². The molecule has 1 aromatic heterocycles. The fourth-order valence-corrected chi connectivity index (χ4v) is 4.88. The number of carbonyl (C=O) groups is 3. The van der Waals surface area contributed by atoms with Crippen LogP contribution in [0.15, 0.2) is 18.3 Å². The number of aromatic nitrogens is 1. The first-order valence-corrected chi connectivity index (χ1v) is 12.0. The molecule has 0 saturated carbocycles. The van der Waals surface area contributed by atoms with E-state index in [1.807, 2.05) is 21.9 Å². The zero-order valence-corrected chi connectivity index (χ0v) is 19.2. The molecule has 8 heteroatoms. The molecule has 0 unspecified atom stereocenters. The Balaban J connectivity index is 1.34. The number of rotatable bonds is 4. The Bertz CT molecular complexity index is 819. The zero-order valence-electron chi connectivity index (χ0n) is 19.2. The first kappa shape index (κ1) is 22.7. The highest BCUT2D eigenvalue weighted by molar-refractivity contribution is 5.94. The lowest BCUT2D eigenvalue weighted by molar-refractivity contribution is -0.140. The summed E-state index contributed by atoms with van der Waals surface area (Å²) >= 11 is 0. The van der Waals surface area contributed by atoms with Crippen molar-refractivity contribution in [3.05, 3.63) is 29.6 Å². The van der Waals surface area contributed by atoms with Crippen molar-refractivity contribution in [2.24, 2.45) is 0 Å². The molecular formula is C24H35N5O3. The average Bonchev–Trinajstić information content (AvgIpc) is 3.03. The maximum absolute atomic E-state index is 12.9. The lowest BCUT2D eigenvalue weighted by atomic mass is 9.94. The number of carbonyl (C=O) groups excluding carboxylic acids is 3. The molecule has 0 aliphatic carbocycles. The molecule has 0 radical (unpaired) electrons. The van der Waals surface area contributed by atoms with Crippen LogP contribution in [0.25, 0.3) is 0 Å². The third-order valence-corrected chi connectivity index (χ3v) is 7.01. The normalized spacial score (nSPS) is 23.2. The highest BCUT2D eigenvalue weighted by Crippen LogP contribution is 2.26. The molecule has 174 valence electrons. The topological polar surface area (TPSA) is 77.1 Å². The molecule has 3 aliphatic rings. The molecule has 4 rings (SSSR count). The quantitative estimate of drug-likeness (QED) is 0.709. The average molecular weight is 442 g/mol. The molecule has 3 saturated heterocycles. The number of likely N-dealkylation sites (tertiary alicyclic amines) is 2. The SMILES string of the molecule is CN1CCN(C(=O)c2ccc([C@@H]3CCCN(C(=O)CN4CCCCCC4=O)C3)nc2)CC1. The lowest BCUT2D eigenvalue weighted by Crippen LogP contribution is -2.47. The first-order chi connectivity index (χ1) is 15.5. The van der Waals surface area contributed by atoms with Crippen molar-refractivity contribution < 1.29 is 14.4 Å². The number of pyridine rings is 1. The van der Waals surface area contributed by atoms with Crippen LogP contribution in [0.5, 0.6) is 0 Å². The summed E-state index contributed by atoms with van der Waals surface area (Å²) in [7, 11) is 2.07. The van der Waals surface area contributed by atoms with Crippen molar-refractivity contribution in [3.63, 3.8) is 0 Å². The van der Waals surface area contributed by atoms with Gasteiger partial charge in [-0.2, -0.15) is 0 Å². The number of hydrogen-bond donors (Lipinski definition) is 0. The van der Waals surface area contributed by atoms with Crippen molar-refractivity contribution in [1.29, 1.82) is 0 Å². The first-order valence-electron chi connectivity index (χ1n) is 12.0. The largest absolute Gasteiger partial charge is 0.340 e. The van der Waals surface area contributed by atoms with E-state index in [0.717, 1.165) is 70.5 Å². The fourth-order valence-electron chi connectivity index (χ4n) is 4.88. The van der Waals surface area contributed by atoms with Crippen LogP contribution in [-0.2, 0) is 9.59 Å². The molecule has 0 bridgehead atoms. The van der Waals surface area contributed by atoms with Crippen LogP contribution in [0.2, 0.25) is 0 Å². The van der Waals surface area contributed by atoms with Crippen molar-refractivity contribution in [3.8, 4) is 0 Å². The smallest absolute Gasteiger partial charge is 0.255 e. The number of hydrogen-bond acceptors (Lipinski definition) is 5. The van der Waals surface area contributed by atoms with Gasteiger partial charge in [0.1, 0.15) is 0 Å². The Hall–Kier alpha value is -2.48. The Kier molecular flexibility index (Phi) is 7.40. The summed E-state index contributed by atoms with van der Waals surface area (Å²) < 4.78 is 0. The maximum Gasteiger partial charge on any atom is 0.255 e. The van der Waals surface area contributed by atoms with Gasteiger partial charge in [-0.1, -0.05) is 6.42 Å². The maximum atomic E-state index is 12.9. The Morgan fingerprint density at radius 1 is 0.969 bits per heavy atom. The molecule has 0 aromatic carbocycles. The molecule has 4 heterocycles. The van der Waals surface area contributed by atoms with Gasteiger partial charge in [-0.15, -0.1) is 0 Å². The second-order valence-electron chi connectivity index (χ2n) is 9.37. The van der Waals surface area contributed by atoms with Crippen molar-refractivity contribution in [1.82, 2.24) is 24.6 Å². The van der Waals surface area contributed by atoms with Gasteiger partial charge in [0, 0.05) is 70.0 Å². The monoisotopic (exact) mass is 441 g/mol. The van der Waals surface area contributed by atoms with Crippen LogP contribution in [0, 0.1) is 0 Å². The molecule has 1 aromatic rings. The zero-order chi connectivity index (χ0) is 22.5. The van der Waals surface area contributed by atoms with Gasteiger partial charge in [0.2, 0.25) is 11.8 Å². The minimum absolute atomic E-state index is 0.0341. The van der Waals surface area contributed by atoms with E-state index in [9.17, 15) is 14.4 Å². The second-order valence-corrected chi connectivity index (χ2v) is 9.37. The van der Waals surface area contributed by atoms with Crippen LogP contribution in [0.1, 0.15) is 60.5 Å². The standard InChI is InChI=1S/C24H35N5O3/c1-26-12-14-27(15-13-26)24(32)19-8-9-21(25-16-19)20-6-5-11-28(17-20)23(31)18-29-10-4-2-3-7-22(29)30/h8-9,16,20H,2-7,10-15,17-18H2,1H3/t20-/m1/s1. The summed E-state index contributed by atoms with van der Waals surface area (Å²) in [6.07, 6.45) is 7.10. The van der Waals surface area contributed by atoms with Crippen LogP contribution in [-0.4, -0.2) is 102 Å². The Morgan fingerprint density at radius 2 is 1.78 bits per heavy atom. The molecule has 3 aliphatic heterocycles. The summed E-state index contributed by atoms with van der Waals surface area (Å²) in [6, 6.07) is 3.82.